The zero-order valence-electron chi connectivity index (χ0n) is 10.6. The van der Waals surface area contributed by atoms with Crippen LogP contribution in [0.4, 0.5) is 4.39 Å². The molecule has 2 aromatic carbocycles. The van der Waals surface area contributed by atoms with Gasteiger partial charge < -0.3 is 5.73 Å². The Bertz CT molecular complexity index is 508. The van der Waals surface area contributed by atoms with Crippen molar-refractivity contribution < 1.29 is 4.39 Å². The second-order valence-corrected chi connectivity index (χ2v) is 4.72. The van der Waals surface area contributed by atoms with Crippen molar-refractivity contribution in [3.8, 4) is 0 Å². The van der Waals surface area contributed by atoms with Gasteiger partial charge in [0.15, 0.2) is 0 Å². The molecule has 0 aliphatic heterocycles. The van der Waals surface area contributed by atoms with Crippen molar-refractivity contribution in [3.05, 3.63) is 71.0 Å². The van der Waals surface area contributed by atoms with Crippen LogP contribution < -0.4 is 5.73 Å². The van der Waals surface area contributed by atoms with Crippen molar-refractivity contribution in [2.45, 2.75) is 25.8 Å². The molecule has 0 fully saturated rings. The summed E-state index contributed by atoms with van der Waals surface area (Å²) in [7, 11) is 0. The maximum Gasteiger partial charge on any atom is 0.123 e. The van der Waals surface area contributed by atoms with Crippen LogP contribution in [0, 0.1) is 12.7 Å². The molecule has 0 aliphatic rings. The minimum Gasteiger partial charge on any atom is -0.327 e. The molecule has 0 saturated carbocycles. The van der Waals surface area contributed by atoms with Crippen LogP contribution in [-0.2, 0) is 12.8 Å². The van der Waals surface area contributed by atoms with Crippen LogP contribution in [0.15, 0.2) is 48.5 Å². The fraction of sp³-hybridized carbons (Fsp3) is 0.250. The Morgan fingerprint density at radius 2 is 1.78 bits per heavy atom. The summed E-state index contributed by atoms with van der Waals surface area (Å²) in [6.07, 6.45) is 1.62. The van der Waals surface area contributed by atoms with Crippen LogP contribution in [0.25, 0.3) is 0 Å². The molecule has 0 heterocycles. The SMILES string of the molecule is Cc1cc(F)ccc1CC(N)Cc1ccccc1. The second-order valence-electron chi connectivity index (χ2n) is 4.72. The van der Waals surface area contributed by atoms with Crippen LogP contribution in [0.2, 0.25) is 0 Å². The lowest BCUT2D eigenvalue weighted by molar-refractivity contribution is 0.621. The van der Waals surface area contributed by atoms with E-state index in [1.807, 2.05) is 31.2 Å². The molecule has 0 aliphatic carbocycles. The molecule has 2 heteroatoms. The van der Waals surface area contributed by atoms with Crippen molar-refractivity contribution in [3.63, 3.8) is 0 Å². The summed E-state index contributed by atoms with van der Waals surface area (Å²) in [6, 6.07) is 15.2. The molecule has 1 nitrogen and oxygen atoms in total. The number of halogens is 1. The molecule has 0 bridgehead atoms. The monoisotopic (exact) mass is 243 g/mol. The molecule has 2 aromatic rings. The highest BCUT2D eigenvalue weighted by atomic mass is 19.1. The average molecular weight is 243 g/mol. The standard InChI is InChI=1S/C16H18FN/c1-12-9-15(17)8-7-14(12)11-16(18)10-13-5-3-2-4-6-13/h2-9,16H,10-11,18H2,1H3. The van der Waals surface area contributed by atoms with Gasteiger partial charge in [-0.1, -0.05) is 36.4 Å². The predicted octanol–water partition coefficient (Wildman–Crippen LogP) is 3.25. The first-order valence-corrected chi connectivity index (χ1v) is 6.19. The normalized spacial score (nSPS) is 12.4. The summed E-state index contributed by atoms with van der Waals surface area (Å²) in [5, 5.41) is 0. The molecule has 0 aromatic heterocycles. The fourth-order valence-corrected chi connectivity index (χ4v) is 2.16. The third-order valence-electron chi connectivity index (χ3n) is 3.13. The van der Waals surface area contributed by atoms with Crippen LogP contribution in [-0.4, -0.2) is 6.04 Å². The molecule has 0 saturated heterocycles. The molecular weight excluding hydrogens is 225 g/mol. The first-order valence-electron chi connectivity index (χ1n) is 6.19. The molecule has 18 heavy (non-hydrogen) atoms. The van der Waals surface area contributed by atoms with Gasteiger partial charge in [-0.25, -0.2) is 4.39 Å². The largest absolute Gasteiger partial charge is 0.327 e. The lowest BCUT2D eigenvalue weighted by Crippen LogP contribution is -2.25. The Hall–Kier alpha value is -1.67. The van der Waals surface area contributed by atoms with Crippen LogP contribution in [0.1, 0.15) is 16.7 Å². The van der Waals surface area contributed by atoms with Gasteiger partial charge in [0.2, 0.25) is 0 Å². The van der Waals surface area contributed by atoms with E-state index in [9.17, 15) is 4.39 Å². The third kappa shape index (κ3) is 3.41. The smallest absolute Gasteiger partial charge is 0.123 e. The molecule has 2 rings (SSSR count). The van der Waals surface area contributed by atoms with E-state index in [1.165, 1.54) is 11.6 Å². The Balaban J connectivity index is 2.01. The van der Waals surface area contributed by atoms with Gasteiger partial charge in [-0.2, -0.15) is 0 Å². The summed E-state index contributed by atoms with van der Waals surface area (Å²) in [4.78, 5) is 0. The molecule has 0 radical (unpaired) electrons. The van der Waals surface area contributed by atoms with Crippen LogP contribution in [0.5, 0.6) is 0 Å². The van der Waals surface area contributed by atoms with Gasteiger partial charge in [-0.3, -0.25) is 0 Å². The van der Waals surface area contributed by atoms with Crippen molar-refractivity contribution in [1.29, 1.82) is 0 Å². The predicted molar refractivity (Wildman–Crippen MR) is 73.0 cm³/mol. The fourth-order valence-electron chi connectivity index (χ4n) is 2.16. The zero-order chi connectivity index (χ0) is 13.0. The van der Waals surface area contributed by atoms with Gasteiger partial charge >= 0.3 is 0 Å². The van der Waals surface area contributed by atoms with E-state index in [1.54, 1.807) is 6.07 Å². The molecular formula is C16H18FN. The maximum absolute atomic E-state index is 13.0. The summed E-state index contributed by atoms with van der Waals surface area (Å²) in [5.41, 5.74) is 9.49. The number of hydrogen-bond donors (Lipinski definition) is 1. The summed E-state index contributed by atoms with van der Waals surface area (Å²) < 4.78 is 13.0. The topological polar surface area (TPSA) is 26.0 Å². The van der Waals surface area contributed by atoms with Gasteiger partial charge in [-0.15, -0.1) is 0 Å². The Labute approximate surface area is 107 Å². The minimum absolute atomic E-state index is 0.0663. The van der Waals surface area contributed by atoms with Crippen molar-refractivity contribution in [2.24, 2.45) is 5.73 Å². The van der Waals surface area contributed by atoms with E-state index in [0.717, 1.165) is 24.0 Å². The molecule has 1 atom stereocenters. The van der Waals surface area contributed by atoms with Gasteiger partial charge in [0.1, 0.15) is 5.82 Å². The number of benzene rings is 2. The lowest BCUT2D eigenvalue weighted by atomic mass is 9.97. The quantitative estimate of drug-likeness (QED) is 0.876. The summed E-state index contributed by atoms with van der Waals surface area (Å²) >= 11 is 0. The van der Waals surface area contributed by atoms with Gasteiger partial charge in [0, 0.05) is 6.04 Å². The Kier molecular flexibility index (Phi) is 4.11. The van der Waals surface area contributed by atoms with Crippen molar-refractivity contribution >= 4 is 0 Å². The molecule has 94 valence electrons. The highest BCUT2D eigenvalue weighted by molar-refractivity contribution is 5.28. The first kappa shape index (κ1) is 12.8. The van der Waals surface area contributed by atoms with E-state index in [2.05, 4.69) is 12.1 Å². The first-order chi connectivity index (χ1) is 8.65. The van der Waals surface area contributed by atoms with Crippen molar-refractivity contribution in [2.75, 3.05) is 0 Å². The van der Waals surface area contributed by atoms with Crippen molar-refractivity contribution in [1.82, 2.24) is 0 Å². The molecule has 0 spiro atoms. The van der Waals surface area contributed by atoms with Crippen LogP contribution >= 0.6 is 0 Å². The van der Waals surface area contributed by atoms with Gasteiger partial charge in [-0.05, 0) is 48.6 Å². The summed E-state index contributed by atoms with van der Waals surface area (Å²) in [5.74, 6) is -0.187. The van der Waals surface area contributed by atoms with E-state index in [-0.39, 0.29) is 11.9 Å². The molecule has 0 amide bonds. The number of nitrogens with two attached hydrogens (primary N) is 1. The lowest BCUT2D eigenvalue weighted by Gasteiger charge is -2.13. The van der Waals surface area contributed by atoms with Gasteiger partial charge in [0.25, 0.3) is 0 Å². The summed E-state index contributed by atoms with van der Waals surface area (Å²) in [6.45, 7) is 1.92. The van der Waals surface area contributed by atoms with Crippen LogP contribution in [0.3, 0.4) is 0 Å². The zero-order valence-corrected chi connectivity index (χ0v) is 10.6. The van der Waals surface area contributed by atoms with E-state index >= 15 is 0 Å². The van der Waals surface area contributed by atoms with Gasteiger partial charge in [0.05, 0.1) is 0 Å². The second kappa shape index (κ2) is 5.78. The average Bonchev–Trinajstić information content (AvgIpc) is 2.34. The molecule has 1 unspecified atom stereocenters. The highest BCUT2D eigenvalue weighted by Gasteiger charge is 2.07. The molecule has 2 N–H and O–H groups in total. The third-order valence-corrected chi connectivity index (χ3v) is 3.13. The number of rotatable bonds is 4. The Morgan fingerprint density at radius 1 is 1.06 bits per heavy atom. The number of hydrogen-bond acceptors (Lipinski definition) is 1. The maximum atomic E-state index is 13.0. The number of aryl methyl sites for hydroxylation is 1. The minimum atomic E-state index is -0.187. The van der Waals surface area contributed by atoms with E-state index < -0.39 is 0 Å². The highest BCUT2D eigenvalue weighted by Crippen LogP contribution is 2.13. The van der Waals surface area contributed by atoms with E-state index in [0.29, 0.717) is 0 Å². The Morgan fingerprint density at radius 3 is 2.44 bits per heavy atom. The van der Waals surface area contributed by atoms with E-state index in [4.69, 9.17) is 5.73 Å².